The summed E-state index contributed by atoms with van der Waals surface area (Å²) in [4.78, 5) is 11.3. The van der Waals surface area contributed by atoms with Crippen LogP contribution in [0.15, 0.2) is 23.7 Å². The Kier molecular flexibility index (Phi) is 3.56. The standard InChI is InChI=1S/C12H17N5O3S/c1-9-5-13-12(15-9)10-7-20-4-3-17(10)21(18,19)11-6-16(2)8-14-11/h5-6,8,10H,3-4,7H2,1-2H3,(H,13,15)/t10-/m0/s1. The van der Waals surface area contributed by atoms with Crippen LogP contribution in [0.4, 0.5) is 0 Å². The Morgan fingerprint density at radius 1 is 1.43 bits per heavy atom. The molecule has 9 heteroatoms. The molecule has 0 spiro atoms. The molecule has 21 heavy (non-hydrogen) atoms. The lowest BCUT2D eigenvalue weighted by atomic mass is 10.2. The van der Waals surface area contributed by atoms with Crippen molar-refractivity contribution in [2.24, 2.45) is 7.05 Å². The molecule has 2 aromatic heterocycles. The van der Waals surface area contributed by atoms with Crippen molar-refractivity contribution in [1.82, 2.24) is 23.8 Å². The van der Waals surface area contributed by atoms with Gasteiger partial charge in [-0.25, -0.2) is 18.4 Å². The maximum absolute atomic E-state index is 12.7. The maximum Gasteiger partial charge on any atom is 0.262 e. The molecule has 1 fully saturated rings. The van der Waals surface area contributed by atoms with Crippen molar-refractivity contribution in [1.29, 1.82) is 0 Å². The van der Waals surface area contributed by atoms with Crippen molar-refractivity contribution in [3.63, 3.8) is 0 Å². The number of hydrogen-bond acceptors (Lipinski definition) is 5. The number of sulfonamides is 1. The van der Waals surface area contributed by atoms with Gasteiger partial charge in [0.1, 0.15) is 11.9 Å². The van der Waals surface area contributed by atoms with Gasteiger partial charge in [-0.1, -0.05) is 0 Å². The molecule has 1 atom stereocenters. The van der Waals surface area contributed by atoms with Crippen molar-refractivity contribution in [2.45, 2.75) is 18.0 Å². The minimum absolute atomic E-state index is 0.0418. The van der Waals surface area contributed by atoms with Gasteiger partial charge in [-0.15, -0.1) is 0 Å². The average Bonchev–Trinajstić information content (AvgIpc) is 3.08. The van der Waals surface area contributed by atoms with Gasteiger partial charge in [0.05, 0.1) is 19.5 Å². The molecule has 114 valence electrons. The zero-order chi connectivity index (χ0) is 15.0. The number of aromatic amines is 1. The summed E-state index contributed by atoms with van der Waals surface area (Å²) in [6, 6.07) is -0.459. The lowest BCUT2D eigenvalue weighted by molar-refractivity contribution is 0.0291. The summed E-state index contributed by atoms with van der Waals surface area (Å²) in [6.45, 7) is 2.79. The van der Waals surface area contributed by atoms with Crippen LogP contribution in [0.3, 0.4) is 0 Å². The summed E-state index contributed by atoms with van der Waals surface area (Å²) in [5, 5.41) is 0.0418. The molecule has 0 aliphatic carbocycles. The number of hydrogen-bond donors (Lipinski definition) is 1. The van der Waals surface area contributed by atoms with Gasteiger partial charge in [-0.2, -0.15) is 4.31 Å². The average molecular weight is 311 g/mol. The Balaban J connectivity index is 1.97. The lowest BCUT2D eigenvalue weighted by Crippen LogP contribution is -2.43. The minimum atomic E-state index is -3.67. The minimum Gasteiger partial charge on any atom is -0.378 e. The molecule has 3 heterocycles. The number of nitrogens with one attached hydrogen (secondary N) is 1. The Morgan fingerprint density at radius 2 is 2.24 bits per heavy atom. The first-order chi connectivity index (χ1) is 9.98. The molecular weight excluding hydrogens is 294 g/mol. The normalized spacial score (nSPS) is 20.8. The molecule has 1 saturated heterocycles. The number of aromatic nitrogens is 4. The third kappa shape index (κ3) is 2.59. The Hall–Kier alpha value is -1.71. The predicted molar refractivity (Wildman–Crippen MR) is 74.0 cm³/mol. The third-order valence-corrected chi connectivity index (χ3v) is 5.17. The van der Waals surface area contributed by atoms with Crippen molar-refractivity contribution in [3.05, 3.63) is 30.2 Å². The van der Waals surface area contributed by atoms with Crippen molar-refractivity contribution in [2.75, 3.05) is 19.8 Å². The number of aryl methyl sites for hydroxylation is 2. The summed E-state index contributed by atoms with van der Waals surface area (Å²) < 4.78 is 33.9. The first-order valence-corrected chi connectivity index (χ1v) is 8.01. The molecule has 0 radical (unpaired) electrons. The number of rotatable bonds is 3. The lowest BCUT2D eigenvalue weighted by Gasteiger charge is -2.32. The monoisotopic (exact) mass is 311 g/mol. The van der Waals surface area contributed by atoms with E-state index in [9.17, 15) is 8.42 Å². The van der Waals surface area contributed by atoms with Gasteiger partial charge in [-0.3, -0.25) is 0 Å². The highest BCUT2D eigenvalue weighted by atomic mass is 32.2. The molecule has 3 rings (SSSR count). The Morgan fingerprint density at radius 3 is 2.86 bits per heavy atom. The van der Waals surface area contributed by atoms with E-state index in [0.29, 0.717) is 12.4 Å². The van der Waals surface area contributed by atoms with E-state index in [1.54, 1.807) is 17.8 Å². The fourth-order valence-electron chi connectivity index (χ4n) is 2.34. The van der Waals surface area contributed by atoms with E-state index in [1.807, 2.05) is 6.92 Å². The largest absolute Gasteiger partial charge is 0.378 e. The fraction of sp³-hybridized carbons (Fsp3) is 0.500. The SMILES string of the molecule is Cc1cnc([C@@H]2COCCN2S(=O)(=O)c2cn(C)cn2)[nH]1. The molecule has 0 amide bonds. The van der Waals surface area contributed by atoms with E-state index in [2.05, 4.69) is 15.0 Å². The van der Waals surface area contributed by atoms with E-state index in [1.165, 1.54) is 16.8 Å². The van der Waals surface area contributed by atoms with Crippen LogP contribution in [0, 0.1) is 6.92 Å². The van der Waals surface area contributed by atoms with Crippen LogP contribution in [0.2, 0.25) is 0 Å². The molecule has 1 aliphatic rings. The number of morpholine rings is 1. The van der Waals surface area contributed by atoms with Gasteiger partial charge >= 0.3 is 0 Å². The Bertz CT molecular complexity index is 736. The van der Waals surface area contributed by atoms with Gasteiger partial charge in [-0.05, 0) is 6.92 Å². The zero-order valence-corrected chi connectivity index (χ0v) is 12.7. The number of ether oxygens (including phenoxy) is 1. The molecular formula is C12H17N5O3S. The second-order valence-corrected chi connectivity index (χ2v) is 6.87. The second kappa shape index (κ2) is 5.24. The van der Waals surface area contributed by atoms with E-state index in [0.717, 1.165) is 5.69 Å². The summed E-state index contributed by atoms with van der Waals surface area (Å²) >= 11 is 0. The molecule has 8 nitrogen and oxygen atoms in total. The van der Waals surface area contributed by atoms with Crippen molar-refractivity contribution < 1.29 is 13.2 Å². The number of nitrogens with zero attached hydrogens (tertiary/aromatic N) is 4. The first-order valence-electron chi connectivity index (χ1n) is 6.57. The molecule has 0 saturated carbocycles. The van der Waals surface area contributed by atoms with Crippen LogP contribution in [0.1, 0.15) is 17.6 Å². The van der Waals surface area contributed by atoms with Gasteiger partial charge in [0, 0.05) is 31.7 Å². The van der Waals surface area contributed by atoms with Crippen LogP contribution < -0.4 is 0 Å². The van der Waals surface area contributed by atoms with E-state index in [-0.39, 0.29) is 18.2 Å². The predicted octanol–water partition coefficient (Wildman–Crippen LogP) is 0.214. The smallest absolute Gasteiger partial charge is 0.262 e. The van der Waals surface area contributed by atoms with Crippen LogP contribution in [-0.2, 0) is 21.8 Å². The van der Waals surface area contributed by atoms with Crippen molar-refractivity contribution >= 4 is 10.0 Å². The summed E-state index contributed by atoms with van der Waals surface area (Å²) in [6.07, 6.45) is 4.64. The highest BCUT2D eigenvalue weighted by molar-refractivity contribution is 7.89. The Labute approximate surface area is 122 Å². The van der Waals surface area contributed by atoms with Gasteiger partial charge in [0.25, 0.3) is 10.0 Å². The summed E-state index contributed by atoms with van der Waals surface area (Å²) in [5.41, 5.74) is 0.880. The van der Waals surface area contributed by atoms with Crippen LogP contribution >= 0.6 is 0 Å². The zero-order valence-electron chi connectivity index (χ0n) is 11.9. The first kappa shape index (κ1) is 14.2. The van der Waals surface area contributed by atoms with Gasteiger partial charge in [0.2, 0.25) is 0 Å². The molecule has 0 aromatic carbocycles. The van der Waals surface area contributed by atoms with E-state index in [4.69, 9.17) is 4.74 Å². The fourth-order valence-corrected chi connectivity index (χ4v) is 3.87. The quantitative estimate of drug-likeness (QED) is 0.875. The topological polar surface area (TPSA) is 93.1 Å². The van der Waals surface area contributed by atoms with Crippen molar-refractivity contribution in [3.8, 4) is 0 Å². The maximum atomic E-state index is 12.7. The second-order valence-electron chi connectivity index (χ2n) is 5.04. The molecule has 0 bridgehead atoms. The van der Waals surface area contributed by atoms with Crippen LogP contribution in [0.5, 0.6) is 0 Å². The number of H-pyrrole nitrogens is 1. The van der Waals surface area contributed by atoms with E-state index >= 15 is 0 Å². The number of imidazole rings is 2. The molecule has 1 aliphatic heterocycles. The van der Waals surface area contributed by atoms with Crippen LogP contribution in [0.25, 0.3) is 0 Å². The van der Waals surface area contributed by atoms with Gasteiger partial charge < -0.3 is 14.3 Å². The summed E-state index contributed by atoms with van der Waals surface area (Å²) in [7, 11) is -1.93. The molecule has 0 unspecified atom stereocenters. The van der Waals surface area contributed by atoms with Crippen LogP contribution in [-0.4, -0.2) is 52.0 Å². The molecule has 1 N–H and O–H groups in total. The summed E-state index contributed by atoms with van der Waals surface area (Å²) in [5.74, 6) is 0.590. The molecule has 2 aromatic rings. The van der Waals surface area contributed by atoms with Gasteiger partial charge in [0.15, 0.2) is 5.03 Å². The highest BCUT2D eigenvalue weighted by Gasteiger charge is 2.37. The highest BCUT2D eigenvalue weighted by Crippen LogP contribution is 2.28. The van der Waals surface area contributed by atoms with E-state index < -0.39 is 16.1 Å². The third-order valence-electron chi connectivity index (χ3n) is 3.37.